The molecule has 0 fully saturated rings. The zero-order valence-electron chi connectivity index (χ0n) is 19.8. The van der Waals surface area contributed by atoms with Gasteiger partial charge in [-0.15, -0.1) is 0 Å². The Balaban J connectivity index is 1.52. The zero-order valence-corrected chi connectivity index (χ0v) is 19.8. The summed E-state index contributed by atoms with van der Waals surface area (Å²) in [5, 5.41) is 5.62. The van der Waals surface area contributed by atoms with Crippen molar-refractivity contribution in [2.75, 3.05) is 26.1 Å². The van der Waals surface area contributed by atoms with Crippen LogP contribution in [0.25, 0.3) is 16.8 Å². The molecule has 2 aliphatic rings. The summed E-state index contributed by atoms with van der Waals surface area (Å²) in [5.74, 6) is 1.86. The van der Waals surface area contributed by atoms with E-state index in [0.29, 0.717) is 6.73 Å². The second-order valence-corrected chi connectivity index (χ2v) is 9.27. The lowest BCUT2D eigenvalue weighted by molar-refractivity contribution is 0.122. The predicted octanol–water partition coefficient (Wildman–Crippen LogP) is 6.32. The molecule has 0 bridgehead atoms. The van der Waals surface area contributed by atoms with Crippen LogP contribution in [0.3, 0.4) is 0 Å². The van der Waals surface area contributed by atoms with Gasteiger partial charge in [0.05, 0.1) is 0 Å². The van der Waals surface area contributed by atoms with E-state index in [0.717, 1.165) is 40.4 Å². The summed E-state index contributed by atoms with van der Waals surface area (Å²) < 4.78 is 12.9. The van der Waals surface area contributed by atoms with Crippen LogP contribution < -0.4 is 14.8 Å². The Hall–Kier alpha value is -3.76. The normalized spacial score (nSPS) is 19.1. The molecule has 0 aromatic heterocycles. The van der Waals surface area contributed by atoms with Crippen LogP contribution >= 0.6 is 0 Å². The van der Waals surface area contributed by atoms with Crippen LogP contribution in [-0.2, 0) is 12.1 Å². The number of hydrogen-bond acceptors (Lipinski definition) is 4. The van der Waals surface area contributed by atoms with Gasteiger partial charge in [0.1, 0.15) is 18.2 Å². The van der Waals surface area contributed by atoms with Crippen LogP contribution in [0, 0.1) is 6.92 Å². The third-order valence-corrected chi connectivity index (χ3v) is 6.98. The third kappa shape index (κ3) is 3.25. The molecule has 0 saturated carbocycles. The maximum absolute atomic E-state index is 6.93. The third-order valence-electron chi connectivity index (χ3n) is 6.98. The van der Waals surface area contributed by atoms with Gasteiger partial charge in [0.25, 0.3) is 0 Å². The van der Waals surface area contributed by atoms with E-state index in [-0.39, 0.29) is 0 Å². The van der Waals surface area contributed by atoms with Crippen LogP contribution in [-0.4, -0.2) is 25.7 Å². The minimum Gasteiger partial charge on any atom is -0.478 e. The summed E-state index contributed by atoms with van der Waals surface area (Å²) in [5.41, 5.74) is 6.16. The molecule has 4 nitrogen and oxygen atoms in total. The minimum atomic E-state index is -0.696. The van der Waals surface area contributed by atoms with E-state index in [2.05, 4.69) is 109 Å². The zero-order chi connectivity index (χ0) is 23.3. The van der Waals surface area contributed by atoms with Crippen molar-refractivity contribution in [2.45, 2.75) is 19.1 Å². The smallest absolute Gasteiger partial charge is 0.178 e. The molecule has 1 unspecified atom stereocenters. The van der Waals surface area contributed by atoms with Crippen molar-refractivity contribution >= 4 is 22.5 Å². The van der Waals surface area contributed by atoms with Gasteiger partial charge in [-0.05, 0) is 67.2 Å². The molecular formula is C30H28N2O2. The summed E-state index contributed by atoms with van der Waals surface area (Å²) in [6.07, 6.45) is 4.43. The topological polar surface area (TPSA) is 33.7 Å². The van der Waals surface area contributed by atoms with Crippen LogP contribution in [0.15, 0.2) is 78.9 Å². The van der Waals surface area contributed by atoms with Gasteiger partial charge in [0, 0.05) is 41.5 Å². The van der Waals surface area contributed by atoms with Gasteiger partial charge < -0.3 is 14.8 Å². The molecule has 0 radical (unpaired) electrons. The van der Waals surface area contributed by atoms with Crippen molar-refractivity contribution in [2.24, 2.45) is 0 Å². The van der Waals surface area contributed by atoms with Crippen molar-refractivity contribution in [3.8, 4) is 11.5 Å². The molecule has 4 aromatic carbocycles. The van der Waals surface area contributed by atoms with Gasteiger partial charge in [0.15, 0.2) is 5.60 Å². The molecule has 1 N–H and O–H groups in total. The summed E-state index contributed by atoms with van der Waals surface area (Å²) in [6.45, 7) is 3.61. The fourth-order valence-corrected chi connectivity index (χ4v) is 5.08. The predicted molar refractivity (Wildman–Crippen MR) is 139 cm³/mol. The second-order valence-electron chi connectivity index (χ2n) is 9.27. The molecule has 0 aliphatic carbocycles. The molecule has 0 saturated heterocycles. The molecule has 34 heavy (non-hydrogen) atoms. The van der Waals surface area contributed by atoms with Crippen molar-refractivity contribution in [1.29, 1.82) is 0 Å². The lowest BCUT2D eigenvalue weighted by Gasteiger charge is -2.37. The number of anilines is 1. The standard InChI is InChI=1S/C30H28N2O2/c1-20-4-6-21(7-5-20)30(22-8-10-23(31-2)11-9-22)17-16-26-24-12-14-28-27(18-32(3)19-33-28)25(24)13-15-29(26)34-30/h4-17,31H,18-19H2,1-3H3. The van der Waals surface area contributed by atoms with E-state index in [1.165, 1.54) is 21.9 Å². The van der Waals surface area contributed by atoms with Gasteiger partial charge in [-0.1, -0.05) is 48.0 Å². The molecule has 0 spiro atoms. The van der Waals surface area contributed by atoms with Gasteiger partial charge in [-0.2, -0.15) is 0 Å². The Morgan fingerprint density at radius 3 is 2.24 bits per heavy atom. The van der Waals surface area contributed by atoms with Gasteiger partial charge >= 0.3 is 0 Å². The fourth-order valence-electron chi connectivity index (χ4n) is 5.08. The van der Waals surface area contributed by atoms with Crippen LogP contribution in [0.4, 0.5) is 5.69 Å². The molecule has 2 aliphatic heterocycles. The Kier molecular flexibility index (Phi) is 4.85. The Bertz CT molecular complexity index is 1410. The molecule has 6 rings (SSSR count). The van der Waals surface area contributed by atoms with Gasteiger partial charge in [-0.25, -0.2) is 0 Å². The molecule has 1 atom stereocenters. The number of nitrogens with zero attached hydrogens (tertiary/aromatic N) is 1. The summed E-state index contributed by atoms with van der Waals surface area (Å²) in [4.78, 5) is 2.19. The number of fused-ring (bicyclic) bond motifs is 5. The Morgan fingerprint density at radius 2 is 1.50 bits per heavy atom. The fraction of sp³-hybridized carbons (Fsp3) is 0.200. The maximum atomic E-state index is 6.93. The van der Waals surface area contributed by atoms with E-state index < -0.39 is 5.60 Å². The highest BCUT2D eigenvalue weighted by atomic mass is 16.5. The van der Waals surface area contributed by atoms with Crippen molar-refractivity contribution in [3.05, 3.63) is 107 Å². The number of aryl methyl sites for hydroxylation is 1. The van der Waals surface area contributed by atoms with E-state index >= 15 is 0 Å². The number of rotatable bonds is 3. The van der Waals surface area contributed by atoms with Gasteiger partial charge in [-0.3, -0.25) is 4.90 Å². The van der Waals surface area contributed by atoms with Crippen LogP contribution in [0.5, 0.6) is 11.5 Å². The van der Waals surface area contributed by atoms with E-state index in [1.807, 2.05) is 7.05 Å². The average molecular weight is 449 g/mol. The molecule has 2 heterocycles. The van der Waals surface area contributed by atoms with Crippen molar-refractivity contribution in [3.63, 3.8) is 0 Å². The average Bonchev–Trinajstić information content (AvgIpc) is 2.88. The summed E-state index contributed by atoms with van der Waals surface area (Å²) in [6, 6.07) is 25.7. The largest absolute Gasteiger partial charge is 0.478 e. The lowest BCUT2D eigenvalue weighted by atomic mass is 9.82. The Morgan fingerprint density at radius 1 is 0.824 bits per heavy atom. The summed E-state index contributed by atoms with van der Waals surface area (Å²) in [7, 11) is 4.02. The molecule has 4 heteroatoms. The summed E-state index contributed by atoms with van der Waals surface area (Å²) >= 11 is 0. The maximum Gasteiger partial charge on any atom is 0.178 e. The van der Waals surface area contributed by atoms with Crippen LogP contribution in [0.1, 0.15) is 27.8 Å². The number of ether oxygens (including phenoxy) is 2. The molecule has 4 aromatic rings. The molecule has 0 amide bonds. The first-order valence-electron chi connectivity index (χ1n) is 11.7. The van der Waals surface area contributed by atoms with E-state index in [4.69, 9.17) is 9.47 Å². The second kappa shape index (κ2) is 7.93. The first-order valence-corrected chi connectivity index (χ1v) is 11.7. The quantitative estimate of drug-likeness (QED) is 0.398. The van der Waals surface area contributed by atoms with Crippen molar-refractivity contribution in [1.82, 2.24) is 4.90 Å². The lowest BCUT2D eigenvalue weighted by Crippen LogP contribution is -2.34. The SMILES string of the molecule is CNc1ccc(C2(c3ccc(C)cc3)C=Cc3c(ccc4c5c(ccc34)OCN(C)C5)O2)cc1. The number of hydrogen-bond donors (Lipinski definition) is 1. The van der Waals surface area contributed by atoms with Crippen molar-refractivity contribution < 1.29 is 9.47 Å². The number of benzene rings is 4. The highest BCUT2D eigenvalue weighted by Gasteiger charge is 2.37. The van der Waals surface area contributed by atoms with E-state index in [9.17, 15) is 0 Å². The van der Waals surface area contributed by atoms with E-state index in [1.54, 1.807) is 0 Å². The number of nitrogens with one attached hydrogen (secondary N) is 1. The highest BCUT2D eigenvalue weighted by molar-refractivity contribution is 5.97. The highest BCUT2D eigenvalue weighted by Crippen LogP contribution is 2.45. The molecular weight excluding hydrogens is 420 g/mol. The minimum absolute atomic E-state index is 0.623. The Labute approximate surface area is 200 Å². The molecule has 170 valence electrons. The first kappa shape index (κ1) is 20.8. The van der Waals surface area contributed by atoms with Crippen LogP contribution in [0.2, 0.25) is 0 Å². The first-order chi connectivity index (χ1) is 16.6. The van der Waals surface area contributed by atoms with Gasteiger partial charge in [0.2, 0.25) is 0 Å². The monoisotopic (exact) mass is 448 g/mol.